The molecular formula is C27H30FN3O4. The van der Waals surface area contributed by atoms with Crippen LogP contribution >= 0.6 is 0 Å². The smallest absolute Gasteiger partial charge is 0.307 e. The van der Waals surface area contributed by atoms with Gasteiger partial charge in [0, 0.05) is 36.1 Å². The molecule has 1 amide bonds. The van der Waals surface area contributed by atoms with Gasteiger partial charge >= 0.3 is 5.97 Å². The van der Waals surface area contributed by atoms with Gasteiger partial charge in [-0.2, -0.15) is 4.39 Å². The molecule has 8 heteroatoms. The van der Waals surface area contributed by atoms with Crippen molar-refractivity contribution in [2.45, 2.75) is 52.0 Å². The van der Waals surface area contributed by atoms with Crippen LogP contribution in [-0.4, -0.2) is 33.1 Å². The Morgan fingerprint density at radius 3 is 2.74 bits per heavy atom. The molecule has 2 N–H and O–H groups in total. The van der Waals surface area contributed by atoms with Crippen molar-refractivity contribution in [3.05, 3.63) is 77.1 Å². The summed E-state index contributed by atoms with van der Waals surface area (Å²) < 4.78 is 21.0. The number of carboxylic acids is 1. The summed E-state index contributed by atoms with van der Waals surface area (Å²) in [7, 11) is 0. The molecule has 1 aliphatic carbocycles. The second-order valence-corrected chi connectivity index (χ2v) is 9.07. The molecule has 2 heterocycles. The predicted molar refractivity (Wildman–Crippen MR) is 130 cm³/mol. The van der Waals surface area contributed by atoms with Crippen LogP contribution in [0.25, 0.3) is 0 Å². The van der Waals surface area contributed by atoms with Crippen LogP contribution in [0, 0.1) is 18.8 Å². The minimum absolute atomic E-state index is 0.00630. The number of nitrogens with zero attached hydrogens (tertiary/aromatic N) is 2. The molecular weight excluding hydrogens is 449 g/mol. The van der Waals surface area contributed by atoms with Gasteiger partial charge in [0.25, 0.3) is 5.91 Å². The quantitative estimate of drug-likeness (QED) is 0.382. The van der Waals surface area contributed by atoms with Gasteiger partial charge in [-0.3, -0.25) is 9.59 Å². The third-order valence-electron chi connectivity index (χ3n) is 6.64. The number of pyridine rings is 1. The summed E-state index contributed by atoms with van der Waals surface area (Å²) in [5.41, 5.74) is 4.02. The van der Waals surface area contributed by atoms with Crippen LogP contribution in [-0.2, 0) is 11.2 Å². The van der Waals surface area contributed by atoms with Crippen molar-refractivity contribution in [1.82, 2.24) is 9.55 Å². The SMILES string of the molecule is CC[C@H](C)n1c(CCOc2ccnc(F)c2)ccc1C(=O)Nc1cc([C@H]2C[C@@H]2C(=O)O)ccc1C. The number of hydrogen-bond acceptors (Lipinski definition) is 4. The molecule has 0 aliphatic heterocycles. The van der Waals surface area contributed by atoms with E-state index in [4.69, 9.17) is 4.74 Å². The summed E-state index contributed by atoms with van der Waals surface area (Å²) >= 11 is 0. The van der Waals surface area contributed by atoms with Crippen molar-refractivity contribution in [1.29, 1.82) is 0 Å². The minimum Gasteiger partial charge on any atom is -0.493 e. The molecule has 0 radical (unpaired) electrons. The molecule has 1 aliphatic rings. The van der Waals surface area contributed by atoms with E-state index in [-0.39, 0.29) is 23.8 Å². The first kappa shape index (κ1) is 24.4. The molecule has 2 aromatic heterocycles. The average molecular weight is 480 g/mol. The van der Waals surface area contributed by atoms with Gasteiger partial charge in [0.2, 0.25) is 5.95 Å². The van der Waals surface area contributed by atoms with E-state index in [1.807, 2.05) is 41.8 Å². The van der Waals surface area contributed by atoms with Crippen LogP contribution in [0.4, 0.5) is 10.1 Å². The molecule has 0 spiro atoms. The van der Waals surface area contributed by atoms with Crippen molar-refractivity contribution in [3.8, 4) is 5.75 Å². The van der Waals surface area contributed by atoms with Gasteiger partial charge in [0.05, 0.1) is 12.5 Å². The summed E-state index contributed by atoms with van der Waals surface area (Å²) in [6.45, 7) is 6.37. The maximum absolute atomic E-state index is 13.3. The maximum Gasteiger partial charge on any atom is 0.307 e. The summed E-state index contributed by atoms with van der Waals surface area (Å²) in [4.78, 5) is 28.1. The minimum atomic E-state index is -0.780. The summed E-state index contributed by atoms with van der Waals surface area (Å²) in [6.07, 6.45) is 3.37. The van der Waals surface area contributed by atoms with E-state index in [1.165, 1.54) is 12.3 Å². The first-order chi connectivity index (χ1) is 16.8. The van der Waals surface area contributed by atoms with E-state index < -0.39 is 11.9 Å². The first-order valence-electron chi connectivity index (χ1n) is 11.9. The number of aryl methyl sites for hydroxylation is 1. The fraction of sp³-hybridized carbons (Fsp3) is 0.370. The zero-order valence-corrected chi connectivity index (χ0v) is 20.1. The number of carbonyl (C=O) groups is 2. The van der Waals surface area contributed by atoms with Gasteiger partial charge in [0.15, 0.2) is 0 Å². The van der Waals surface area contributed by atoms with Crippen molar-refractivity contribution < 1.29 is 23.8 Å². The van der Waals surface area contributed by atoms with Crippen molar-refractivity contribution >= 4 is 17.6 Å². The van der Waals surface area contributed by atoms with Crippen molar-refractivity contribution in [2.24, 2.45) is 5.92 Å². The van der Waals surface area contributed by atoms with Crippen LogP contribution < -0.4 is 10.1 Å². The molecule has 184 valence electrons. The van der Waals surface area contributed by atoms with E-state index in [0.29, 0.717) is 36.6 Å². The molecule has 0 unspecified atom stereocenters. The van der Waals surface area contributed by atoms with Gasteiger partial charge in [-0.25, -0.2) is 4.98 Å². The lowest BCUT2D eigenvalue weighted by Crippen LogP contribution is -2.21. The van der Waals surface area contributed by atoms with E-state index in [9.17, 15) is 19.1 Å². The number of nitrogens with one attached hydrogen (secondary N) is 1. The standard InChI is InChI=1S/C27H30FN3O4/c1-4-17(3)31-19(10-12-35-20-9-11-29-25(28)14-20)7-8-24(31)26(32)30-23-13-18(6-5-16(23)2)21-15-22(21)27(33)34/h5-9,11,13-14,17,21-22H,4,10,12,15H2,1-3H3,(H,30,32)(H,33,34)/t17-,21+,22-/m0/s1. The molecule has 0 bridgehead atoms. The highest BCUT2D eigenvalue weighted by Crippen LogP contribution is 2.48. The normalized spacial score (nSPS) is 17.6. The molecule has 7 nitrogen and oxygen atoms in total. The van der Waals surface area contributed by atoms with Gasteiger partial charge in [-0.15, -0.1) is 0 Å². The Bertz CT molecular complexity index is 1240. The van der Waals surface area contributed by atoms with E-state index in [0.717, 1.165) is 23.2 Å². The molecule has 35 heavy (non-hydrogen) atoms. The molecule has 1 aromatic carbocycles. The van der Waals surface area contributed by atoms with Gasteiger partial charge in [-0.05, 0) is 68.0 Å². The topological polar surface area (TPSA) is 93.5 Å². The zero-order chi connectivity index (χ0) is 25.1. The highest BCUT2D eigenvalue weighted by Gasteiger charge is 2.44. The molecule has 3 atom stereocenters. The number of anilines is 1. The van der Waals surface area contributed by atoms with Crippen molar-refractivity contribution in [2.75, 3.05) is 11.9 Å². The number of hydrogen-bond donors (Lipinski definition) is 2. The number of carbonyl (C=O) groups excluding carboxylic acids is 1. The number of ether oxygens (including phenoxy) is 1. The molecule has 0 saturated heterocycles. The van der Waals surface area contributed by atoms with Crippen LogP contribution in [0.5, 0.6) is 5.75 Å². The Morgan fingerprint density at radius 2 is 2.06 bits per heavy atom. The lowest BCUT2D eigenvalue weighted by atomic mass is 10.0. The predicted octanol–water partition coefficient (Wildman–Crippen LogP) is 5.36. The highest BCUT2D eigenvalue weighted by atomic mass is 19.1. The maximum atomic E-state index is 13.3. The zero-order valence-electron chi connectivity index (χ0n) is 20.1. The van der Waals surface area contributed by atoms with Gasteiger partial charge in [0.1, 0.15) is 11.4 Å². The number of halogens is 1. The Balaban J connectivity index is 1.49. The van der Waals surface area contributed by atoms with Gasteiger partial charge < -0.3 is 19.7 Å². The summed E-state index contributed by atoms with van der Waals surface area (Å²) in [5.74, 6) is -1.54. The van der Waals surface area contributed by atoms with Crippen molar-refractivity contribution in [3.63, 3.8) is 0 Å². The Hall–Kier alpha value is -3.68. The fourth-order valence-corrected chi connectivity index (χ4v) is 4.36. The average Bonchev–Trinajstić information content (AvgIpc) is 3.53. The largest absolute Gasteiger partial charge is 0.493 e. The first-order valence-corrected chi connectivity index (χ1v) is 11.9. The Labute approximate surface area is 204 Å². The molecule has 3 aromatic rings. The van der Waals surface area contributed by atoms with Crippen LogP contribution in [0.3, 0.4) is 0 Å². The lowest BCUT2D eigenvalue weighted by molar-refractivity contribution is -0.138. The Morgan fingerprint density at radius 1 is 1.26 bits per heavy atom. The van der Waals surface area contributed by atoms with E-state index in [1.54, 1.807) is 6.07 Å². The number of amides is 1. The second-order valence-electron chi connectivity index (χ2n) is 9.07. The molecule has 1 fully saturated rings. The molecule has 1 saturated carbocycles. The monoisotopic (exact) mass is 479 g/mol. The van der Waals surface area contributed by atoms with E-state index in [2.05, 4.69) is 24.1 Å². The highest BCUT2D eigenvalue weighted by molar-refractivity contribution is 6.03. The summed E-state index contributed by atoms with van der Waals surface area (Å²) in [5, 5.41) is 12.3. The summed E-state index contributed by atoms with van der Waals surface area (Å²) in [6, 6.07) is 12.4. The third-order valence-corrected chi connectivity index (χ3v) is 6.64. The fourth-order valence-electron chi connectivity index (χ4n) is 4.36. The molecule has 4 rings (SSSR count). The lowest BCUT2D eigenvalue weighted by Gasteiger charge is -2.20. The Kier molecular flexibility index (Phi) is 7.19. The number of rotatable bonds is 10. The number of aliphatic carboxylic acids is 1. The van der Waals surface area contributed by atoms with E-state index >= 15 is 0 Å². The number of carboxylic acid groups (broad SMARTS) is 1. The van der Waals surface area contributed by atoms with Crippen LogP contribution in [0.2, 0.25) is 0 Å². The van der Waals surface area contributed by atoms with Crippen LogP contribution in [0.1, 0.15) is 66.0 Å². The van der Waals surface area contributed by atoms with Crippen LogP contribution in [0.15, 0.2) is 48.7 Å². The third kappa shape index (κ3) is 5.53. The number of aromatic nitrogens is 2. The van der Waals surface area contributed by atoms with Gasteiger partial charge in [-0.1, -0.05) is 19.1 Å². The second kappa shape index (κ2) is 10.3. The number of benzene rings is 1.